The average Bonchev–Trinajstić information content (AvgIpc) is 2.96. The molecule has 0 bridgehead atoms. The molecule has 0 amide bonds. The third kappa shape index (κ3) is 3.97. The van der Waals surface area contributed by atoms with Gasteiger partial charge in [-0.25, -0.2) is 0 Å². The maximum Gasteiger partial charge on any atom is 0.0629 e. The van der Waals surface area contributed by atoms with Crippen LogP contribution in [0, 0.1) is 5.92 Å². The third-order valence-electron chi connectivity index (χ3n) is 3.16. The molecule has 4 heteroatoms. The molecule has 2 heterocycles. The number of thiophene rings is 1. The van der Waals surface area contributed by atoms with Gasteiger partial charge in [-0.2, -0.15) is 0 Å². The first-order valence-electron chi connectivity index (χ1n) is 7.19. The van der Waals surface area contributed by atoms with E-state index in [9.17, 15) is 0 Å². The van der Waals surface area contributed by atoms with Gasteiger partial charge >= 0.3 is 0 Å². The van der Waals surface area contributed by atoms with E-state index in [4.69, 9.17) is 0 Å². The molecule has 0 radical (unpaired) electrons. The fraction of sp³-hybridized carbons (Fsp3) is 0.438. The van der Waals surface area contributed by atoms with Gasteiger partial charge in [0.05, 0.1) is 29.8 Å². The van der Waals surface area contributed by atoms with E-state index < -0.39 is 0 Å². The molecule has 0 spiro atoms. The Balaban J connectivity index is 2.10. The van der Waals surface area contributed by atoms with Crippen molar-refractivity contribution in [3.05, 3.63) is 40.8 Å². The summed E-state index contributed by atoms with van der Waals surface area (Å²) < 4.78 is 0. The first kappa shape index (κ1) is 14.9. The number of aromatic nitrogens is 1. The maximum atomic E-state index is 4.31. The maximum absolute atomic E-state index is 4.31. The summed E-state index contributed by atoms with van der Waals surface area (Å²) in [6.45, 7) is 7.62. The van der Waals surface area contributed by atoms with E-state index in [1.54, 1.807) is 11.3 Å². The molecule has 20 heavy (non-hydrogen) atoms. The molecule has 0 aliphatic rings. The SMILES string of the molecule is CCCNc1cncc(NC(c2cccs2)C(C)C)c1. The molecule has 0 fully saturated rings. The van der Waals surface area contributed by atoms with Crippen molar-refractivity contribution in [1.82, 2.24) is 4.98 Å². The lowest BCUT2D eigenvalue weighted by atomic mass is 10.0. The van der Waals surface area contributed by atoms with Crippen molar-refractivity contribution < 1.29 is 0 Å². The lowest BCUT2D eigenvalue weighted by Crippen LogP contribution is -2.15. The lowest BCUT2D eigenvalue weighted by molar-refractivity contribution is 0.553. The van der Waals surface area contributed by atoms with Crippen LogP contribution in [-0.2, 0) is 0 Å². The lowest BCUT2D eigenvalue weighted by Gasteiger charge is -2.22. The fourth-order valence-corrected chi connectivity index (χ4v) is 3.05. The van der Waals surface area contributed by atoms with Gasteiger partial charge in [-0.05, 0) is 29.9 Å². The number of hydrogen-bond donors (Lipinski definition) is 2. The third-order valence-corrected chi connectivity index (χ3v) is 4.11. The van der Waals surface area contributed by atoms with Gasteiger partial charge in [0.1, 0.15) is 0 Å². The Morgan fingerprint density at radius 3 is 2.70 bits per heavy atom. The monoisotopic (exact) mass is 289 g/mol. The van der Waals surface area contributed by atoms with Crippen LogP contribution in [-0.4, -0.2) is 11.5 Å². The van der Waals surface area contributed by atoms with E-state index in [1.807, 2.05) is 12.4 Å². The molecule has 0 aliphatic heterocycles. The van der Waals surface area contributed by atoms with Crippen LogP contribution in [0.4, 0.5) is 11.4 Å². The second-order valence-corrected chi connectivity index (χ2v) is 6.25. The molecule has 2 aromatic heterocycles. The molecule has 2 aromatic rings. The Bertz CT molecular complexity index is 508. The first-order chi connectivity index (χ1) is 9.70. The van der Waals surface area contributed by atoms with Crippen molar-refractivity contribution in [2.75, 3.05) is 17.2 Å². The number of nitrogens with one attached hydrogen (secondary N) is 2. The predicted molar refractivity (Wildman–Crippen MR) is 88.5 cm³/mol. The summed E-state index contributed by atoms with van der Waals surface area (Å²) in [5.74, 6) is 0.529. The molecule has 0 saturated carbocycles. The Kier molecular flexibility index (Phi) is 5.41. The van der Waals surface area contributed by atoms with Crippen LogP contribution in [0.3, 0.4) is 0 Å². The van der Waals surface area contributed by atoms with Crippen LogP contribution in [0.5, 0.6) is 0 Å². The van der Waals surface area contributed by atoms with Crippen LogP contribution in [0.15, 0.2) is 36.0 Å². The average molecular weight is 289 g/mol. The van der Waals surface area contributed by atoms with Crippen LogP contribution in [0.1, 0.15) is 38.1 Å². The summed E-state index contributed by atoms with van der Waals surface area (Å²) in [5.41, 5.74) is 2.14. The van der Waals surface area contributed by atoms with Crippen molar-refractivity contribution in [3.63, 3.8) is 0 Å². The molecule has 0 aromatic carbocycles. The highest BCUT2D eigenvalue weighted by atomic mass is 32.1. The molecule has 1 atom stereocenters. The molecular formula is C16H23N3S. The molecule has 1 unspecified atom stereocenters. The second-order valence-electron chi connectivity index (χ2n) is 5.27. The Morgan fingerprint density at radius 2 is 2.05 bits per heavy atom. The van der Waals surface area contributed by atoms with Crippen molar-refractivity contribution in [2.24, 2.45) is 5.92 Å². The zero-order valence-corrected chi connectivity index (χ0v) is 13.2. The minimum atomic E-state index is 0.332. The quantitative estimate of drug-likeness (QED) is 0.770. The fourth-order valence-electron chi connectivity index (χ4n) is 2.10. The largest absolute Gasteiger partial charge is 0.384 e. The minimum Gasteiger partial charge on any atom is -0.384 e. The van der Waals surface area contributed by atoms with E-state index in [2.05, 4.69) is 60.0 Å². The Hall–Kier alpha value is -1.55. The van der Waals surface area contributed by atoms with Gasteiger partial charge in [0, 0.05) is 11.4 Å². The Labute approximate surface area is 125 Å². The first-order valence-corrected chi connectivity index (χ1v) is 8.07. The number of pyridine rings is 1. The van der Waals surface area contributed by atoms with E-state index in [1.165, 1.54) is 4.88 Å². The van der Waals surface area contributed by atoms with Gasteiger partial charge in [-0.3, -0.25) is 4.98 Å². The number of hydrogen-bond acceptors (Lipinski definition) is 4. The highest BCUT2D eigenvalue weighted by Gasteiger charge is 2.16. The molecule has 0 aliphatic carbocycles. The summed E-state index contributed by atoms with van der Waals surface area (Å²) in [6.07, 6.45) is 4.87. The second kappa shape index (κ2) is 7.29. The standard InChI is InChI=1S/C16H23N3S/c1-4-7-18-13-9-14(11-17-10-13)19-16(12(2)3)15-6-5-8-20-15/h5-6,8-12,16,18-19H,4,7H2,1-3H3. The number of anilines is 2. The van der Waals surface area contributed by atoms with E-state index in [-0.39, 0.29) is 0 Å². The predicted octanol–water partition coefficient (Wildman–Crippen LogP) is 4.77. The molecule has 2 rings (SSSR count). The van der Waals surface area contributed by atoms with Crippen molar-refractivity contribution in [2.45, 2.75) is 33.2 Å². The van der Waals surface area contributed by atoms with Gasteiger partial charge in [-0.1, -0.05) is 26.8 Å². The molecule has 3 nitrogen and oxygen atoms in total. The topological polar surface area (TPSA) is 37.0 Å². The van der Waals surface area contributed by atoms with Crippen LogP contribution < -0.4 is 10.6 Å². The smallest absolute Gasteiger partial charge is 0.0629 e. The summed E-state index contributed by atoms with van der Waals surface area (Å²) in [5, 5.41) is 9.11. The van der Waals surface area contributed by atoms with Crippen molar-refractivity contribution in [1.29, 1.82) is 0 Å². The summed E-state index contributed by atoms with van der Waals surface area (Å²) >= 11 is 1.80. The summed E-state index contributed by atoms with van der Waals surface area (Å²) in [4.78, 5) is 5.68. The summed E-state index contributed by atoms with van der Waals surface area (Å²) in [6, 6.07) is 6.76. The number of rotatable bonds is 7. The number of nitrogens with zero attached hydrogens (tertiary/aromatic N) is 1. The van der Waals surface area contributed by atoms with Gasteiger partial charge in [-0.15, -0.1) is 11.3 Å². The zero-order chi connectivity index (χ0) is 14.4. The van der Waals surface area contributed by atoms with E-state index in [0.29, 0.717) is 12.0 Å². The van der Waals surface area contributed by atoms with Crippen LogP contribution >= 0.6 is 11.3 Å². The Morgan fingerprint density at radius 1 is 1.25 bits per heavy atom. The normalized spacial score (nSPS) is 12.4. The minimum absolute atomic E-state index is 0.332. The van der Waals surface area contributed by atoms with E-state index in [0.717, 1.165) is 24.3 Å². The molecular weight excluding hydrogens is 266 g/mol. The molecule has 0 saturated heterocycles. The van der Waals surface area contributed by atoms with Crippen molar-refractivity contribution in [3.8, 4) is 0 Å². The van der Waals surface area contributed by atoms with Crippen molar-refractivity contribution >= 4 is 22.7 Å². The summed E-state index contributed by atoms with van der Waals surface area (Å²) in [7, 11) is 0. The van der Waals surface area contributed by atoms with Crippen LogP contribution in [0.2, 0.25) is 0 Å². The highest BCUT2D eigenvalue weighted by Crippen LogP contribution is 2.30. The van der Waals surface area contributed by atoms with E-state index >= 15 is 0 Å². The van der Waals surface area contributed by atoms with Crippen LogP contribution in [0.25, 0.3) is 0 Å². The zero-order valence-electron chi connectivity index (χ0n) is 12.4. The highest BCUT2D eigenvalue weighted by molar-refractivity contribution is 7.10. The van der Waals surface area contributed by atoms with Gasteiger partial charge in [0.15, 0.2) is 0 Å². The van der Waals surface area contributed by atoms with Gasteiger partial charge in [0.2, 0.25) is 0 Å². The van der Waals surface area contributed by atoms with Gasteiger partial charge in [0.25, 0.3) is 0 Å². The molecule has 108 valence electrons. The molecule has 2 N–H and O–H groups in total. The van der Waals surface area contributed by atoms with Gasteiger partial charge < -0.3 is 10.6 Å².